The normalized spacial score (nSPS) is 31.5. The van der Waals surface area contributed by atoms with Crippen molar-refractivity contribution in [3.05, 3.63) is 30.3 Å². The summed E-state index contributed by atoms with van der Waals surface area (Å²) >= 11 is 0. The Morgan fingerprint density at radius 3 is 2.67 bits per heavy atom. The van der Waals surface area contributed by atoms with E-state index in [0.717, 1.165) is 25.0 Å². The van der Waals surface area contributed by atoms with Crippen LogP contribution < -0.4 is 10.1 Å². The van der Waals surface area contributed by atoms with E-state index in [-0.39, 0.29) is 18.2 Å². The molecule has 2 aliphatic carbocycles. The van der Waals surface area contributed by atoms with Crippen molar-refractivity contribution in [1.82, 2.24) is 5.32 Å². The molecule has 0 bridgehead atoms. The van der Waals surface area contributed by atoms with Crippen LogP contribution in [0.5, 0.6) is 5.75 Å². The first-order chi connectivity index (χ1) is 8.80. The predicted molar refractivity (Wildman–Crippen MR) is 70.7 cm³/mol. The molecule has 3 rings (SSSR count). The van der Waals surface area contributed by atoms with Gasteiger partial charge in [0.25, 0.3) is 0 Å². The lowest BCUT2D eigenvalue weighted by Crippen LogP contribution is -2.48. The van der Waals surface area contributed by atoms with E-state index < -0.39 is 0 Å². The van der Waals surface area contributed by atoms with Gasteiger partial charge in [-0.3, -0.25) is 0 Å². The Kier molecular flexibility index (Phi) is 3.27. The van der Waals surface area contributed by atoms with Crippen molar-refractivity contribution in [2.24, 2.45) is 0 Å². The van der Waals surface area contributed by atoms with Crippen molar-refractivity contribution >= 4 is 0 Å². The Morgan fingerprint density at radius 2 is 2.00 bits per heavy atom. The molecule has 2 aliphatic rings. The van der Waals surface area contributed by atoms with Gasteiger partial charge in [-0.1, -0.05) is 18.2 Å². The van der Waals surface area contributed by atoms with Crippen LogP contribution in [0.2, 0.25) is 0 Å². The van der Waals surface area contributed by atoms with Gasteiger partial charge in [-0.05, 0) is 37.8 Å². The van der Waals surface area contributed by atoms with Crippen LogP contribution in [-0.2, 0) is 0 Å². The molecule has 1 aromatic rings. The summed E-state index contributed by atoms with van der Waals surface area (Å²) in [5, 5.41) is 13.3. The molecule has 0 heterocycles. The van der Waals surface area contributed by atoms with Gasteiger partial charge in [-0.15, -0.1) is 0 Å². The van der Waals surface area contributed by atoms with E-state index in [0.29, 0.717) is 6.04 Å². The molecule has 98 valence electrons. The summed E-state index contributed by atoms with van der Waals surface area (Å²) in [5.41, 5.74) is -0.0966. The number of hydrogen-bond acceptors (Lipinski definition) is 3. The lowest BCUT2D eigenvalue weighted by atomic mass is 9.98. The Balaban J connectivity index is 1.59. The van der Waals surface area contributed by atoms with Crippen LogP contribution >= 0.6 is 0 Å². The molecule has 2 unspecified atom stereocenters. The van der Waals surface area contributed by atoms with E-state index in [1.807, 2.05) is 30.3 Å². The van der Waals surface area contributed by atoms with E-state index in [4.69, 9.17) is 4.74 Å². The van der Waals surface area contributed by atoms with E-state index in [1.165, 1.54) is 12.8 Å². The fourth-order valence-electron chi connectivity index (χ4n) is 2.85. The minimum absolute atomic E-state index is 0.0966. The highest BCUT2D eigenvalue weighted by Crippen LogP contribution is 2.35. The van der Waals surface area contributed by atoms with Crippen LogP contribution in [0.15, 0.2) is 30.3 Å². The van der Waals surface area contributed by atoms with E-state index in [2.05, 4.69) is 5.32 Å². The summed E-state index contributed by atoms with van der Waals surface area (Å²) in [4.78, 5) is 0. The second-order valence-corrected chi connectivity index (χ2v) is 5.65. The highest BCUT2D eigenvalue weighted by molar-refractivity contribution is 5.21. The second-order valence-electron chi connectivity index (χ2n) is 5.65. The van der Waals surface area contributed by atoms with Gasteiger partial charge < -0.3 is 15.2 Å². The predicted octanol–water partition coefficient (Wildman–Crippen LogP) is 2.10. The molecule has 2 atom stereocenters. The Labute approximate surface area is 108 Å². The van der Waals surface area contributed by atoms with Gasteiger partial charge in [0, 0.05) is 18.0 Å². The van der Waals surface area contributed by atoms with Crippen molar-refractivity contribution in [3.63, 3.8) is 0 Å². The number of benzene rings is 1. The smallest absolute Gasteiger partial charge is 0.119 e. The van der Waals surface area contributed by atoms with Gasteiger partial charge in [0.15, 0.2) is 0 Å². The summed E-state index contributed by atoms with van der Waals surface area (Å²) in [6.45, 7) is 0.220. The van der Waals surface area contributed by atoms with Crippen LogP contribution in [0.3, 0.4) is 0 Å². The maximum Gasteiger partial charge on any atom is 0.119 e. The topological polar surface area (TPSA) is 41.5 Å². The maximum absolute atomic E-state index is 9.66. The summed E-state index contributed by atoms with van der Waals surface area (Å²) in [7, 11) is 0. The highest BCUT2D eigenvalue weighted by Gasteiger charge is 2.42. The monoisotopic (exact) mass is 247 g/mol. The minimum atomic E-state index is -0.0966. The molecule has 2 N–H and O–H groups in total. The summed E-state index contributed by atoms with van der Waals surface area (Å²) in [6.07, 6.45) is 5.69. The number of hydrogen-bond donors (Lipinski definition) is 2. The third kappa shape index (κ3) is 2.68. The maximum atomic E-state index is 9.66. The molecule has 0 amide bonds. The van der Waals surface area contributed by atoms with Crippen molar-refractivity contribution in [2.45, 2.75) is 49.8 Å². The lowest BCUT2D eigenvalue weighted by molar-refractivity contribution is 0.139. The molecule has 3 heteroatoms. The van der Waals surface area contributed by atoms with Crippen LogP contribution in [0.1, 0.15) is 32.1 Å². The molecular weight excluding hydrogens is 226 g/mol. The first-order valence-corrected chi connectivity index (χ1v) is 6.90. The lowest BCUT2D eigenvalue weighted by Gasteiger charge is -2.28. The van der Waals surface area contributed by atoms with Crippen molar-refractivity contribution < 1.29 is 9.84 Å². The van der Waals surface area contributed by atoms with Crippen LogP contribution in [-0.4, -0.2) is 29.4 Å². The van der Waals surface area contributed by atoms with Crippen molar-refractivity contribution in [3.8, 4) is 5.75 Å². The van der Waals surface area contributed by atoms with E-state index >= 15 is 0 Å². The zero-order valence-corrected chi connectivity index (χ0v) is 10.6. The first kappa shape index (κ1) is 12.0. The van der Waals surface area contributed by atoms with Crippen LogP contribution in [0.25, 0.3) is 0 Å². The molecule has 18 heavy (non-hydrogen) atoms. The summed E-state index contributed by atoms with van der Waals surface area (Å²) in [5.74, 6) is 0.933. The Morgan fingerprint density at radius 1 is 1.22 bits per heavy atom. The van der Waals surface area contributed by atoms with Crippen LogP contribution in [0.4, 0.5) is 0 Å². The van der Waals surface area contributed by atoms with Gasteiger partial charge >= 0.3 is 0 Å². The third-order valence-electron chi connectivity index (χ3n) is 4.00. The van der Waals surface area contributed by atoms with Crippen LogP contribution in [0, 0.1) is 0 Å². The van der Waals surface area contributed by atoms with Crippen molar-refractivity contribution in [2.75, 3.05) is 6.61 Å². The average Bonchev–Trinajstić information content (AvgIpc) is 3.12. The number of aliphatic hydroxyl groups is 1. The molecule has 1 aromatic carbocycles. The van der Waals surface area contributed by atoms with Gasteiger partial charge in [0.2, 0.25) is 0 Å². The largest absolute Gasteiger partial charge is 0.490 e. The highest BCUT2D eigenvalue weighted by atomic mass is 16.5. The molecule has 0 spiro atoms. The number of nitrogens with one attached hydrogen (secondary N) is 1. The molecule has 0 aromatic heterocycles. The number of ether oxygens (including phenoxy) is 1. The summed E-state index contributed by atoms with van der Waals surface area (Å²) in [6, 6.07) is 10.6. The van der Waals surface area contributed by atoms with E-state index in [9.17, 15) is 5.11 Å². The van der Waals surface area contributed by atoms with Gasteiger partial charge in [-0.2, -0.15) is 0 Å². The number of aliphatic hydroxyl groups excluding tert-OH is 1. The third-order valence-corrected chi connectivity index (χ3v) is 4.00. The summed E-state index contributed by atoms with van der Waals surface area (Å²) < 4.78 is 5.98. The van der Waals surface area contributed by atoms with Gasteiger partial charge in [0.05, 0.1) is 6.61 Å². The molecular formula is C15H21NO2. The van der Waals surface area contributed by atoms with Gasteiger partial charge in [0.1, 0.15) is 11.9 Å². The fourth-order valence-corrected chi connectivity index (χ4v) is 2.85. The quantitative estimate of drug-likeness (QED) is 0.837. The van der Waals surface area contributed by atoms with Gasteiger partial charge in [-0.25, -0.2) is 0 Å². The zero-order chi connectivity index (χ0) is 12.4. The average molecular weight is 247 g/mol. The van der Waals surface area contributed by atoms with E-state index in [1.54, 1.807) is 0 Å². The number of rotatable bonds is 5. The molecule has 0 aliphatic heterocycles. The molecule has 2 fully saturated rings. The molecule has 2 saturated carbocycles. The number of para-hydroxylation sites is 1. The Bertz CT molecular complexity index is 391. The second kappa shape index (κ2) is 4.90. The molecule has 0 saturated heterocycles. The minimum Gasteiger partial charge on any atom is -0.490 e. The first-order valence-electron chi connectivity index (χ1n) is 6.90. The zero-order valence-electron chi connectivity index (χ0n) is 10.6. The van der Waals surface area contributed by atoms with Crippen molar-refractivity contribution in [1.29, 1.82) is 0 Å². The Hall–Kier alpha value is -1.06. The SMILES string of the molecule is OCC1(NC2CC2)CCC(Oc2ccccc2)C1. The standard InChI is InChI=1S/C15H21NO2/c17-11-15(16-12-6-7-12)9-8-14(10-15)18-13-4-2-1-3-5-13/h1-5,12,14,16-17H,6-11H2. The fraction of sp³-hybridized carbons (Fsp3) is 0.600. The molecule has 3 nitrogen and oxygen atoms in total. The molecule has 0 radical (unpaired) electrons.